The van der Waals surface area contributed by atoms with Crippen molar-refractivity contribution in [3.05, 3.63) is 47.4 Å². The fourth-order valence-electron chi connectivity index (χ4n) is 3.52. The molecule has 154 valence electrons. The van der Waals surface area contributed by atoms with Crippen LogP contribution in [0.5, 0.6) is 0 Å². The highest BCUT2D eigenvalue weighted by Gasteiger charge is 2.54. The second-order valence-corrected chi connectivity index (χ2v) is 8.05. The summed E-state index contributed by atoms with van der Waals surface area (Å²) in [5.41, 5.74) is -0.830. The van der Waals surface area contributed by atoms with Crippen molar-refractivity contribution in [2.24, 2.45) is 5.92 Å². The zero-order valence-corrected chi connectivity index (χ0v) is 16.5. The number of aliphatic hydroxyl groups excluding tert-OH is 1. The molecule has 1 aromatic carbocycles. The van der Waals surface area contributed by atoms with Crippen molar-refractivity contribution in [1.29, 1.82) is 0 Å². The van der Waals surface area contributed by atoms with E-state index >= 15 is 0 Å². The summed E-state index contributed by atoms with van der Waals surface area (Å²) in [7, 11) is 0. The Kier molecular flexibility index (Phi) is 5.46. The smallest absolute Gasteiger partial charge is 0.366 e. The molecule has 2 aliphatic rings. The van der Waals surface area contributed by atoms with Gasteiger partial charge in [-0.1, -0.05) is 18.2 Å². The van der Waals surface area contributed by atoms with Gasteiger partial charge in [0.1, 0.15) is 11.4 Å². The van der Waals surface area contributed by atoms with Gasteiger partial charge in [0.05, 0.1) is 17.9 Å². The quantitative estimate of drug-likeness (QED) is 0.469. The van der Waals surface area contributed by atoms with Crippen LogP contribution >= 0.6 is 0 Å². The molecule has 1 saturated heterocycles. The molecule has 1 aromatic rings. The first kappa shape index (κ1) is 20.6. The normalized spacial score (nSPS) is 21.2. The third-order valence-corrected chi connectivity index (χ3v) is 4.74. The molecule has 8 nitrogen and oxygen atoms in total. The number of carbonyl (C=O) groups is 4. The van der Waals surface area contributed by atoms with Gasteiger partial charge in [0.2, 0.25) is 5.91 Å². The Balaban J connectivity index is 1.70. The van der Waals surface area contributed by atoms with Crippen LogP contribution in [0.1, 0.15) is 50.4 Å². The van der Waals surface area contributed by atoms with E-state index in [1.54, 1.807) is 39.0 Å². The Morgan fingerprint density at radius 2 is 1.79 bits per heavy atom. The van der Waals surface area contributed by atoms with E-state index in [4.69, 9.17) is 9.47 Å². The maximum Gasteiger partial charge on any atom is 0.366 e. The number of nitrogens with zero attached hydrogens (tertiary/aromatic N) is 1. The van der Waals surface area contributed by atoms with Crippen molar-refractivity contribution in [1.82, 2.24) is 4.90 Å². The molecule has 8 heteroatoms. The molecule has 0 radical (unpaired) electrons. The van der Waals surface area contributed by atoms with Crippen molar-refractivity contribution < 1.29 is 33.8 Å². The maximum atomic E-state index is 12.6. The molecule has 3 rings (SSSR count). The molecule has 2 aliphatic heterocycles. The number of rotatable bonds is 4. The Morgan fingerprint density at radius 3 is 2.41 bits per heavy atom. The van der Waals surface area contributed by atoms with Gasteiger partial charge in [-0.25, -0.2) is 9.59 Å². The minimum absolute atomic E-state index is 0.108. The summed E-state index contributed by atoms with van der Waals surface area (Å²) >= 11 is 0. The molecule has 1 fully saturated rings. The molecule has 1 unspecified atom stereocenters. The maximum absolute atomic E-state index is 12.6. The van der Waals surface area contributed by atoms with Crippen molar-refractivity contribution in [3.63, 3.8) is 0 Å². The van der Waals surface area contributed by atoms with Gasteiger partial charge in [0, 0.05) is 12.5 Å². The fourth-order valence-corrected chi connectivity index (χ4v) is 3.52. The lowest BCUT2D eigenvalue weighted by Crippen LogP contribution is -2.63. The lowest BCUT2D eigenvalue weighted by molar-refractivity contribution is -0.169. The van der Waals surface area contributed by atoms with Crippen LogP contribution in [0.15, 0.2) is 41.8 Å². The predicted molar refractivity (Wildman–Crippen MR) is 100 cm³/mol. The van der Waals surface area contributed by atoms with Crippen molar-refractivity contribution in [2.45, 2.75) is 51.7 Å². The number of hydrogen-bond acceptors (Lipinski definition) is 7. The zero-order valence-electron chi connectivity index (χ0n) is 16.5. The van der Waals surface area contributed by atoms with Crippen LogP contribution in [0.3, 0.4) is 0 Å². The van der Waals surface area contributed by atoms with Crippen LogP contribution in [-0.2, 0) is 23.9 Å². The van der Waals surface area contributed by atoms with Crippen LogP contribution in [-0.4, -0.2) is 45.5 Å². The minimum Gasteiger partial charge on any atom is -0.510 e. The number of fused-ring (bicyclic) bond motifs is 1. The first-order valence-electron chi connectivity index (χ1n) is 9.37. The van der Waals surface area contributed by atoms with Gasteiger partial charge in [0.25, 0.3) is 0 Å². The predicted octanol–water partition coefficient (Wildman–Crippen LogP) is 2.49. The zero-order chi connectivity index (χ0) is 21.3. The largest absolute Gasteiger partial charge is 0.510 e. The van der Waals surface area contributed by atoms with Crippen LogP contribution in [0.25, 0.3) is 0 Å². The van der Waals surface area contributed by atoms with E-state index in [0.29, 0.717) is 6.42 Å². The number of benzene rings is 1. The molecule has 0 bridgehead atoms. The van der Waals surface area contributed by atoms with Crippen LogP contribution in [0, 0.1) is 5.92 Å². The fraction of sp³-hybridized carbons (Fsp3) is 0.429. The Bertz CT molecular complexity index is 882. The van der Waals surface area contributed by atoms with Gasteiger partial charge >= 0.3 is 17.9 Å². The molecular weight excluding hydrogens is 378 g/mol. The molecule has 1 N–H and O–H groups in total. The van der Waals surface area contributed by atoms with E-state index < -0.39 is 41.4 Å². The molecule has 2 atom stereocenters. The van der Waals surface area contributed by atoms with Crippen LogP contribution in [0.4, 0.5) is 0 Å². The van der Waals surface area contributed by atoms with E-state index in [9.17, 15) is 24.3 Å². The summed E-state index contributed by atoms with van der Waals surface area (Å²) in [6.07, 6.45) is 0.432. The number of esters is 3. The number of ether oxygens (including phenoxy) is 2. The number of aliphatic hydroxyl groups is 1. The van der Waals surface area contributed by atoms with Gasteiger partial charge < -0.3 is 14.6 Å². The monoisotopic (exact) mass is 401 g/mol. The van der Waals surface area contributed by atoms with Gasteiger partial charge in [-0.3, -0.25) is 14.5 Å². The molecule has 1 amide bonds. The van der Waals surface area contributed by atoms with Crippen LogP contribution < -0.4 is 0 Å². The van der Waals surface area contributed by atoms with E-state index in [0.717, 1.165) is 4.90 Å². The lowest BCUT2D eigenvalue weighted by atomic mass is 9.78. The van der Waals surface area contributed by atoms with Gasteiger partial charge in [-0.05, 0) is 39.3 Å². The highest BCUT2D eigenvalue weighted by Crippen LogP contribution is 2.41. The van der Waals surface area contributed by atoms with Gasteiger partial charge in [0.15, 0.2) is 5.70 Å². The van der Waals surface area contributed by atoms with Gasteiger partial charge in [-0.15, -0.1) is 0 Å². The topological polar surface area (TPSA) is 110 Å². The van der Waals surface area contributed by atoms with E-state index in [2.05, 4.69) is 0 Å². The number of amides is 1. The summed E-state index contributed by atoms with van der Waals surface area (Å²) in [4.78, 5) is 50.4. The Labute approximate surface area is 168 Å². The SMILES string of the molecule is CC(C)(C)OC(=O)C[C@@H]1C(=O)N2C(C(=O)OC(=O)c3ccccc3)=C(O)CCC12. The summed E-state index contributed by atoms with van der Waals surface area (Å²) in [5.74, 6) is -3.90. The van der Waals surface area contributed by atoms with E-state index in [-0.39, 0.29) is 29.9 Å². The second-order valence-electron chi connectivity index (χ2n) is 8.05. The highest BCUT2D eigenvalue weighted by molar-refractivity contribution is 6.06. The highest BCUT2D eigenvalue weighted by atomic mass is 16.6. The van der Waals surface area contributed by atoms with Gasteiger partial charge in [-0.2, -0.15) is 0 Å². The molecule has 0 aliphatic carbocycles. The standard InChI is InChI=1S/C21H23NO7/c1-21(2,3)29-16(24)11-13-14-9-10-15(23)17(22(14)18(13)25)20(27)28-19(26)12-7-5-4-6-8-12/h4-8,13-14,23H,9-11H2,1-3H3/t13-,14?/m0/s1. The summed E-state index contributed by atoms with van der Waals surface area (Å²) < 4.78 is 10.1. The third kappa shape index (κ3) is 4.31. The van der Waals surface area contributed by atoms with Crippen molar-refractivity contribution in [3.8, 4) is 0 Å². The molecular formula is C21H23NO7. The molecule has 29 heavy (non-hydrogen) atoms. The Morgan fingerprint density at radius 1 is 1.14 bits per heavy atom. The number of allylic oxidation sites excluding steroid dienone is 1. The summed E-state index contributed by atoms with van der Waals surface area (Å²) in [6, 6.07) is 7.49. The first-order valence-corrected chi connectivity index (χ1v) is 9.37. The summed E-state index contributed by atoms with van der Waals surface area (Å²) in [5, 5.41) is 10.2. The van der Waals surface area contributed by atoms with Crippen molar-refractivity contribution >= 4 is 23.8 Å². The minimum atomic E-state index is -1.09. The number of β-lactam (4-membered cyclic amide) rings is 1. The van der Waals surface area contributed by atoms with E-state index in [1.807, 2.05) is 0 Å². The number of carbonyl (C=O) groups excluding carboxylic acids is 4. The van der Waals surface area contributed by atoms with Crippen molar-refractivity contribution in [2.75, 3.05) is 0 Å². The lowest BCUT2D eigenvalue weighted by Gasteiger charge is -2.49. The van der Waals surface area contributed by atoms with Crippen LogP contribution in [0.2, 0.25) is 0 Å². The molecule has 0 saturated carbocycles. The second kappa shape index (κ2) is 7.69. The molecule has 2 heterocycles. The molecule has 0 aromatic heterocycles. The third-order valence-electron chi connectivity index (χ3n) is 4.74. The summed E-state index contributed by atoms with van der Waals surface area (Å²) in [6.45, 7) is 5.21. The Hall–Kier alpha value is -3.16. The first-order chi connectivity index (χ1) is 13.6. The molecule has 0 spiro atoms. The average Bonchev–Trinajstić information content (AvgIpc) is 2.65. The van der Waals surface area contributed by atoms with E-state index in [1.165, 1.54) is 12.1 Å². The average molecular weight is 401 g/mol. The number of hydrogen-bond donors (Lipinski definition) is 1.